The molecule has 0 unspecified atom stereocenters. The van der Waals surface area contributed by atoms with Crippen LogP contribution in [0.3, 0.4) is 0 Å². The standard InChI is InChI=1S/C38H33FNO.C11H8N.Ir/c1-24-23-27(25-17-20-38(2,3)21-18-25)15-16-28(24)30-19-22-40-35(34(30)39)33-14-8-13-32-31-12-7-11-29(36(31)41-37(32)33)26-9-5-4-6-10-26;1-2-6-10(7-3-1)11-8-4-5-9-12-11;/h4-13,15-16,19,22-23,25H,17-18,20-21H2,1-3H3;1-6,8-9H;/q2*-1;/i1D3,16D,25D;;. The predicted octanol–water partition coefficient (Wildman–Crippen LogP) is 13.5. The summed E-state index contributed by atoms with van der Waals surface area (Å²) in [7, 11) is 0. The second-order valence-electron chi connectivity index (χ2n) is 14.2. The molecule has 54 heavy (non-hydrogen) atoms. The van der Waals surface area contributed by atoms with Crippen LogP contribution in [0.5, 0.6) is 0 Å². The van der Waals surface area contributed by atoms with Crippen LogP contribution in [0.25, 0.3) is 66.7 Å². The number of aryl methyl sites for hydroxylation is 1. The normalized spacial score (nSPS) is 16.1. The number of aromatic nitrogens is 2. The van der Waals surface area contributed by atoms with Gasteiger partial charge in [-0.25, -0.2) is 4.39 Å². The van der Waals surface area contributed by atoms with Crippen LogP contribution >= 0.6 is 0 Å². The maximum absolute atomic E-state index is 16.7. The van der Waals surface area contributed by atoms with Gasteiger partial charge in [0.15, 0.2) is 0 Å². The Labute approximate surface area is 337 Å². The molecule has 5 aromatic carbocycles. The Bertz CT molecular complexity index is 2690. The van der Waals surface area contributed by atoms with Gasteiger partial charge in [-0.3, -0.25) is 0 Å². The molecule has 0 amide bonds. The summed E-state index contributed by atoms with van der Waals surface area (Å²) in [5.74, 6) is -1.77. The van der Waals surface area contributed by atoms with Crippen molar-refractivity contribution in [3.8, 4) is 44.8 Å². The van der Waals surface area contributed by atoms with Crippen LogP contribution in [-0.2, 0) is 20.1 Å². The van der Waals surface area contributed by atoms with Crippen molar-refractivity contribution in [1.29, 1.82) is 0 Å². The zero-order chi connectivity index (χ0) is 40.7. The minimum atomic E-state index is -2.64. The summed E-state index contributed by atoms with van der Waals surface area (Å²) in [6.07, 6.45) is 5.99. The maximum Gasteiger partial charge on any atom is 0.128 e. The largest absolute Gasteiger partial charge is 0.500 e. The number of benzene rings is 5. The van der Waals surface area contributed by atoms with Gasteiger partial charge in [0.1, 0.15) is 11.4 Å². The van der Waals surface area contributed by atoms with Crippen molar-refractivity contribution in [2.24, 2.45) is 5.41 Å². The average Bonchev–Trinajstić information content (AvgIpc) is 3.62. The summed E-state index contributed by atoms with van der Waals surface area (Å²) in [5, 5.41) is 1.64. The van der Waals surface area contributed by atoms with Gasteiger partial charge < -0.3 is 14.4 Å². The van der Waals surface area contributed by atoms with Gasteiger partial charge in [-0.05, 0) is 83.9 Å². The Morgan fingerprint density at radius 2 is 1.57 bits per heavy atom. The number of rotatable bonds is 5. The number of fused-ring (bicyclic) bond motifs is 3. The molecule has 1 aliphatic rings. The van der Waals surface area contributed by atoms with Gasteiger partial charge in [0.05, 0.1) is 6.95 Å². The Hall–Kier alpha value is -5.22. The molecular formula is C49H41FIrN2O-2. The number of pyridine rings is 2. The number of para-hydroxylation sites is 1. The first-order valence-corrected chi connectivity index (χ1v) is 17.9. The van der Waals surface area contributed by atoms with Crippen LogP contribution in [0, 0.1) is 30.2 Å². The quantitative estimate of drug-likeness (QED) is 0.162. The van der Waals surface area contributed by atoms with E-state index in [0.29, 0.717) is 35.1 Å². The monoisotopic (exact) mass is 890 g/mol. The molecule has 1 saturated carbocycles. The fraction of sp³-hybridized carbons (Fsp3) is 0.184. The van der Waals surface area contributed by atoms with Gasteiger partial charge in [0.2, 0.25) is 0 Å². The Morgan fingerprint density at radius 1 is 0.778 bits per heavy atom. The summed E-state index contributed by atoms with van der Waals surface area (Å²) < 4.78 is 66.5. The van der Waals surface area contributed by atoms with E-state index in [-0.39, 0.29) is 53.9 Å². The maximum atomic E-state index is 16.7. The van der Waals surface area contributed by atoms with Crippen molar-refractivity contribution in [1.82, 2.24) is 9.97 Å². The minimum absolute atomic E-state index is 0. The predicted molar refractivity (Wildman–Crippen MR) is 215 cm³/mol. The van der Waals surface area contributed by atoms with E-state index in [1.54, 1.807) is 18.3 Å². The molecule has 5 heteroatoms. The minimum Gasteiger partial charge on any atom is -0.500 e. The summed E-state index contributed by atoms with van der Waals surface area (Å²) in [4.78, 5) is 8.59. The molecule has 3 nitrogen and oxygen atoms in total. The first-order valence-electron chi connectivity index (χ1n) is 20.4. The first-order chi connectivity index (χ1) is 27.8. The molecule has 0 saturated heterocycles. The van der Waals surface area contributed by atoms with E-state index in [9.17, 15) is 1.37 Å². The number of furan rings is 1. The smallest absolute Gasteiger partial charge is 0.128 e. The van der Waals surface area contributed by atoms with E-state index in [4.69, 9.17) is 9.90 Å². The fourth-order valence-electron chi connectivity index (χ4n) is 7.11. The summed E-state index contributed by atoms with van der Waals surface area (Å²) >= 11 is 0. The summed E-state index contributed by atoms with van der Waals surface area (Å²) in [6.45, 7) is 1.71. The van der Waals surface area contributed by atoms with Gasteiger partial charge in [-0.15, -0.1) is 54.1 Å². The van der Waals surface area contributed by atoms with E-state index in [1.807, 2.05) is 97.1 Å². The molecule has 9 rings (SSSR count). The third-order valence-corrected chi connectivity index (χ3v) is 10.1. The van der Waals surface area contributed by atoms with Gasteiger partial charge >= 0.3 is 0 Å². The summed E-state index contributed by atoms with van der Waals surface area (Å²) in [6, 6.07) is 43.6. The summed E-state index contributed by atoms with van der Waals surface area (Å²) in [5.41, 5.74) is 5.64. The molecule has 1 fully saturated rings. The van der Waals surface area contributed by atoms with E-state index >= 15 is 4.39 Å². The van der Waals surface area contributed by atoms with Crippen molar-refractivity contribution < 1.29 is 35.8 Å². The van der Waals surface area contributed by atoms with Crippen molar-refractivity contribution in [3.05, 3.63) is 169 Å². The van der Waals surface area contributed by atoms with Crippen LogP contribution in [0.2, 0.25) is 0 Å². The van der Waals surface area contributed by atoms with Gasteiger partial charge in [0.25, 0.3) is 0 Å². The van der Waals surface area contributed by atoms with Crippen LogP contribution < -0.4 is 0 Å². The Balaban J connectivity index is 0.000000347. The van der Waals surface area contributed by atoms with Gasteiger partial charge in [-0.2, -0.15) is 0 Å². The van der Waals surface area contributed by atoms with E-state index in [2.05, 4.69) is 35.9 Å². The topological polar surface area (TPSA) is 38.9 Å². The number of nitrogens with zero attached hydrogens (tertiary/aromatic N) is 2. The second kappa shape index (κ2) is 16.0. The molecule has 1 aliphatic carbocycles. The molecule has 271 valence electrons. The molecule has 3 heterocycles. The third-order valence-electron chi connectivity index (χ3n) is 10.1. The number of hydrogen-bond acceptors (Lipinski definition) is 3. The molecule has 0 N–H and O–H groups in total. The van der Waals surface area contributed by atoms with Crippen molar-refractivity contribution in [3.63, 3.8) is 0 Å². The zero-order valence-corrected chi connectivity index (χ0v) is 32.4. The molecule has 1 radical (unpaired) electrons. The molecule has 0 bridgehead atoms. The Morgan fingerprint density at radius 3 is 2.33 bits per heavy atom. The third kappa shape index (κ3) is 7.57. The SMILES string of the molecule is [2H]c1cc(C2([2H])CCC(C)(C)CC2)cc(C([2H])([2H])[2H])c1-c1ccnc(-c2[c-]ccc3c2oc2c(-c4ccccc4)cccc23)c1F.[Ir].[c-]1ccccc1-c1ccccn1. The molecular weight excluding hydrogens is 844 g/mol. The van der Waals surface area contributed by atoms with E-state index in [0.717, 1.165) is 46.0 Å². The number of hydrogen-bond donors (Lipinski definition) is 0. The van der Waals surface area contributed by atoms with Crippen molar-refractivity contribution in [2.75, 3.05) is 0 Å². The number of halogens is 1. The Kier molecular flexibility index (Phi) is 9.25. The average molecular weight is 890 g/mol. The van der Waals surface area contributed by atoms with Crippen LogP contribution in [0.4, 0.5) is 4.39 Å². The molecule has 0 spiro atoms. The van der Waals surface area contributed by atoms with Crippen LogP contribution in [-0.4, -0.2) is 9.97 Å². The second-order valence-corrected chi connectivity index (χ2v) is 14.2. The first kappa shape index (κ1) is 31.2. The van der Waals surface area contributed by atoms with Crippen LogP contribution in [0.1, 0.15) is 63.4 Å². The molecule has 3 aromatic heterocycles. The van der Waals surface area contributed by atoms with Gasteiger partial charge in [-0.1, -0.05) is 104 Å². The molecule has 8 aromatic rings. The van der Waals surface area contributed by atoms with Gasteiger partial charge in [0, 0.05) is 60.2 Å². The van der Waals surface area contributed by atoms with Crippen molar-refractivity contribution in [2.45, 2.75) is 52.3 Å². The fourth-order valence-corrected chi connectivity index (χ4v) is 7.11. The zero-order valence-electron chi connectivity index (χ0n) is 35.0. The van der Waals surface area contributed by atoms with Crippen molar-refractivity contribution >= 4 is 21.9 Å². The van der Waals surface area contributed by atoms with Crippen LogP contribution in [0.15, 0.2) is 144 Å². The molecule has 0 atom stereocenters. The van der Waals surface area contributed by atoms with E-state index in [1.165, 1.54) is 18.3 Å². The molecule has 0 aliphatic heterocycles. The van der Waals surface area contributed by atoms with E-state index < -0.39 is 18.6 Å².